The van der Waals surface area contributed by atoms with Gasteiger partial charge in [0.25, 0.3) is 5.91 Å². The van der Waals surface area contributed by atoms with Crippen LogP contribution >= 0.6 is 28.1 Å². The average Bonchev–Trinajstić information content (AvgIpc) is 2.88. The minimum atomic E-state index is 0.0107. The van der Waals surface area contributed by atoms with Crippen molar-refractivity contribution < 1.29 is 4.79 Å². The molecule has 108 valence electrons. The summed E-state index contributed by atoms with van der Waals surface area (Å²) in [5, 5.41) is 0. The number of thiocarbonyl (C=S) groups is 1. The number of carbonyl (C=O) groups is 1. The van der Waals surface area contributed by atoms with Gasteiger partial charge in [0.1, 0.15) is 0 Å². The van der Waals surface area contributed by atoms with Gasteiger partial charge >= 0.3 is 0 Å². The van der Waals surface area contributed by atoms with E-state index in [4.69, 9.17) is 18.0 Å². The van der Waals surface area contributed by atoms with E-state index in [-0.39, 0.29) is 11.9 Å². The quantitative estimate of drug-likeness (QED) is 0.842. The maximum atomic E-state index is 12.8. The molecule has 20 heavy (non-hydrogen) atoms. The minimum absolute atomic E-state index is 0.0107. The molecule has 0 spiro atoms. The number of rotatable bonds is 4. The molecule has 1 aromatic carbocycles. The number of amides is 1. The Balaban J connectivity index is 2.27. The zero-order valence-corrected chi connectivity index (χ0v) is 14.0. The van der Waals surface area contributed by atoms with Crippen molar-refractivity contribution in [2.45, 2.75) is 38.6 Å². The molecule has 1 fully saturated rings. The van der Waals surface area contributed by atoms with Crippen LogP contribution in [0.15, 0.2) is 22.7 Å². The lowest BCUT2D eigenvalue weighted by atomic mass is 10.1. The summed E-state index contributed by atoms with van der Waals surface area (Å²) in [5.74, 6) is 0.0107. The highest BCUT2D eigenvalue weighted by molar-refractivity contribution is 9.10. The normalized spacial score (nSPS) is 15.3. The first-order chi connectivity index (χ1) is 9.49. The predicted molar refractivity (Wildman–Crippen MR) is 89.0 cm³/mol. The molecule has 0 aliphatic heterocycles. The Morgan fingerprint density at radius 2 is 2.10 bits per heavy atom. The molecule has 0 atom stereocenters. The highest BCUT2D eigenvalue weighted by Gasteiger charge is 2.28. The molecule has 0 saturated heterocycles. The summed E-state index contributed by atoms with van der Waals surface area (Å²) in [7, 11) is 0. The second-order valence-corrected chi connectivity index (χ2v) is 6.70. The molecule has 1 aromatic rings. The molecule has 0 radical (unpaired) electrons. The van der Waals surface area contributed by atoms with E-state index in [1.807, 2.05) is 30.0 Å². The van der Waals surface area contributed by atoms with Crippen LogP contribution in [-0.4, -0.2) is 28.4 Å². The predicted octanol–water partition coefficient (Wildman–Crippen LogP) is 3.43. The topological polar surface area (TPSA) is 46.3 Å². The highest BCUT2D eigenvalue weighted by Crippen LogP contribution is 2.27. The van der Waals surface area contributed by atoms with Crippen molar-refractivity contribution in [3.05, 3.63) is 33.8 Å². The van der Waals surface area contributed by atoms with E-state index in [0.717, 1.165) is 22.9 Å². The van der Waals surface area contributed by atoms with Crippen molar-refractivity contribution in [1.29, 1.82) is 0 Å². The molecule has 1 aliphatic carbocycles. The van der Waals surface area contributed by atoms with Crippen LogP contribution in [-0.2, 0) is 0 Å². The van der Waals surface area contributed by atoms with Crippen LogP contribution in [0.4, 0.5) is 0 Å². The molecular weight excluding hydrogens is 336 g/mol. The van der Waals surface area contributed by atoms with Crippen LogP contribution < -0.4 is 5.73 Å². The minimum Gasteiger partial charge on any atom is -0.392 e. The lowest BCUT2D eigenvalue weighted by molar-refractivity contribution is 0.0713. The lowest BCUT2D eigenvalue weighted by Crippen LogP contribution is -2.43. The smallest absolute Gasteiger partial charge is 0.255 e. The third-order valence-electron chi connectivity index (χ3n) is 3.71. The summed E-state index contributed by atoms with van der Waals surface area (Å²) in [5.41, 5.74) is 7.46. The van der Waals surface area contributed by atoms with Crippen molar-refractivity contribution in [1.82, 2.24) is 4.90 Å². The fraction of sp³-hybridized carbons (Fsp3) is 0.467. The van der Waals surface area contributed by atoms with Crippen LogP contribution in [0.3, 0.4) is 0 Å². The highest BCUT2D eigenvalue weighted by atomic mass is 79.9. The van der Waals surface area contributed by atoms with Crippen LogP contribution in [0.2, 0.25) is 0 Å². The van der Waals surface area contributed by atoms with Crippen molar-refractivity contribution in [2.75, 3.05) is 6.54 Å². The standard InChI is InChI=1S/C15H19BrN2OS/c1-10-6-7-12(13(16)8-10)15(19)18(9-14(17)20)11-4-2-3-5-11/h6-8,11H,2-5,9H2,1H3,(H2,17,20). The van der Waals surface area contributed by atoms with Crippen molar-refractivity contribution in [2.24, 2.45) is 5.73 Å². The van der Waals surface area contributed by atoms with Gasteiger partial charge in [0.15, 0.2) is 0 Å². The molecular formula is C15H19BrN2OS. The van der Waals surface area contributed by atoms with E-state index in [0.29, 0.717) is 17.1 Å². The average molecular weight is 355 g/mol. The zero-order chi connectivity index (χ0) is 14.7. The summed E-state index contributed by atoms with van der Waals surface area (Å²) in [6.45, 7) is 2.36. The zero-order valence-electron chi connectivity index (χ0n) is 11.6. The van der Waals surface area contributed by atoms with Crippen LogP contribution in [0.1, 0.15) is 41.6 Å². The maximum absolute atomic E-state index is 12.8. The van der Waals surface area contributed by atoms with Crippen molar-refractivity contribution in [3.63, 3.8) is 0 Å². The van der Waals surface area contributed by atoms with Gasteiger partial charge in [-0.2, -0.15) is 0 Å². The second-order valence-electron chi connectivity index (χ2n) is 5.32. The molecule has 5 heteroatoms. The molecule has 2 rings (SSSR count). The van der Waals surface area contributed by atoms with Gasteiger partial charge < -0.3 is 10.6 Å². The fourth-order valence-corrected chi connectivity index (χ4v) is 3.50. The van der Waals surface area contributed by atoms with Gasteiger partial charge in [0, 0.05) is 10.5 Å². The van der Waals surface area contributed by atoms with E-state index in [1.54, 1.807) is 0 Å². The number of hydrogen-bond donors (Lipinski definition) is 1. The Labute approximate surface area is 133 Å². The largest absolute Gasteiger partial charge is 0.392 e. The van der Waals surface area contributed by atoms with Crippen LogP contribution in [0, 0.1) is 6.92 Å². The molecule has 1 aliphatic rings. The number of halogens is 1. The van der Waals surface area contributed by atoms with Crippen molar-refractivity contribution in [3.8, 4) is 0 Å². The molecule has 0 bridgehead atoms. The summed E-state index contributed by atoms with van der Waals surface area (Å²) < 4.78 is 0.827. The first-order valence-electron chi connectivity index (χ1n) is 6.84. The Morgan fingerprint density at radius 1 is 1.45 bits per heavy atom. The van der Waals surface area contributed by atoms with E-state index in [9.17, 15) is 4.79 Å². The van der Waals surface area contributed by atoms with Gasteiger partial charge in [0.05, 0.1) is 17.1 Å². The molecule has 3 nitrogen and oxygen atoms in total. The Kier molecular flexibility index (Phi) is 5.16. The first kappa shape index (κ1) is 15.4. The van der Waals surface area contributed by atoms with E-state index < -0.39 is 0 Å². The van der Waals surface area contributed by atoms with E-state index >= 15 is 0 Å². The SMILES string of the molecule is Cc1ccc(C(=O)N(CC(N)=S)C2CCCC2)c(Br)c1. The number of benzene rings is 1. The molecule has 1 amide bonds. The Bertz CT molecular complexity index is 527. The molecule has 0 aromatic heterocycles. The molecule has 2 N–H and O–H groups in total. The third kappa shape index (κ3) is 3.58. The van der Waals surface area contributed by atoms with Crippen LogP contribution in [0.25, 0.3) is 0 Å². The van der Waals surface area contributed by atoms with Crippen molar-refractivity contribution >= 4 is 39.0 Å². The lowest BCUT2D eigenvalue weighted by Gasteiger charge is -2.29. The van der Waals surface area contributed by atoms with Gasteiger partial charge in [-0.1, -0.05) is 31.1 Å². The summed E-state index contributed by atoms with van der Waals surface area (Å²) in [6.07, 6.45) is 4.41. The monoisotopic (exact) mass is 354 g/mol. The van der Waals surface area contributed by atoms with Crippen LogP contribution in [0.5, 0.6) is 0 Å². The third-order valence-corrected chi connectivity index (χ3v) is 4.49. The first-order valence-corrected chi connectivity index (χ1v) is 8.04. The number of aryl methyl sites for hydroxylation is 1. The number of carbonyl (C=O) groups excluding carboxylic acids is 1. The number of nitrogens with zero attached hydrogens (tertiary/aromatic N) is 1. The number of nitrogens with two attached hydrogens (primary N) is 1. The van der Waals surface area contributed by atoms with Gasteiger partial charge in [-0.05, 0) is 53.4 Å². The maximum Gasteiger partial charge on any atom is 0.255 e. The number of hydrogen-bond acceptors (Lipinski definition) is 2. The van der Waals surface area contributed by atoms with Gasteiger partial charge in [-0.25, -0.2) is 0 Å². The Morgan fingerprint density at radius 3 is 2.65 bits per heavy atom. The summed E-state index contributed by atoms with van der Waals surface area (Å²) >= 11 is 8.48. The second kappa shape index (κ2) is 6.68. The van der Waals surface area contributed by atoms with Gasteiger partial charge in [-0.3, -0.25) is 4.79 Å². The summed E-state index contributed by atoms with van der Waals surface area (Å²) in [4.78, 5) is 15.0. The van der Waals surface area contributed by atoms with E-state index in [1.165, 1.54) is 12.8 Å². The van der Waals surface area contributed by atoms with Gasteiger partial charge in [0.2, 0.25) is 0 Å². The molecule has 0 unspecified atom stereocenters. The molecule has 0 heterocycles. The van der Waals surface area contributed by atoms with Gasteiger partial charge in [-0.15, -0.1) is 0 Å². The summed E-state index contributed by atoms with van der Waals surface area (Å²) in [6, 6.07) is 6.03. The fourth-order valence-electron chi connectivity index (χ4n) is 2.70. The van der Waals surface area contributed by atoms with E-state index in [2.05, 4.69) is 15.9 Å². The molecule has 1 saturated carbocycles. The Hall–Kier alpha value is -0.940.